The Morgan fingerprint density at radius 1 is 1.03 bits per heavy atom. The molecular formula is C23H22N2O5. The van der Waals surface area contributed by atoms with Gasteiger partial charge in [-0.1, -0.05) is 6.07 Å². The number of amides is 2. The van der Waals surface area contributed by atoms with Crippen LogP contribution in [0.5, 0.6) is 5.75 Å². The van der Waals surface area contributed by atoms with Crippen molar-refractivity contribution in [2.24, 2.45) is 23.7 Å². The zero-order valence-electron chi connectivity index (χ0n) is 16.5. The quantitative estimate of drug-likeness (QED) is 0.745. The molecule has 2 aromatic rings. The number of carbonyl (C=O) groups excluding carboxylic acids is 3. The van der Waals surface area contributed by atoms with Crippen molar-refractivity contribution >= 4 is 29.2 Å². The van der Waals surface area contributed by atoms with Gasteiger partial charge in [-0.2, -0.15) is 0 Å². The third-order valence-corrected chi connectivity index (χ3v) is 6.53. The molecule has 3 aliphatic rings. The lowest BCUT2D eigenvalue weighted by molar-refractivity contribution is -0.145. The molecule has 0 aromatic heterocycles. The maximum atomic E-state index is 12.8. The first-order valence-electron chi connectivity index (χ1n) is 10.1. The highest BCUT2D eigenvalue weighted by molar-refractivity contribution is 6.05. The number of benzene rings is 2. The van der Waals surface area contributed by atoms with Crippen LogP contribution in [0.1, 0.15) is 23.2 Å². The molecule has 5 rings (SSSR count). The van der Waals surface area contributed by atoms with Gasteiger partial charge in [0, 0.05) is 28.9 Å². The molecule has 2 aliphatic carbocycles. The van der Waals surface area contributed by atoms with Gasteiger partial charge in [0.1, 0.15) is 11.9 Å². The molecule has 154 valence electrons. The first kappa shape index (κ1) is 18.7. The summed E-state index contributed by atoms with van der Waals surface area (Å²) in [5.41, 5.74) is 1.70. The fourth-order valence-corrected chi connectivity index (χ4v) is 5.20. The minimum absolute atomic E-state index is 0.0129. The number of fused-ring (bicyclic) bond motifs is 1. The summed E-state index contributed by atoms with van der Waals surface area (Å²) in [6.45, 7) is 0. The number of nitrogens with one attached hydrogen (secondary N) is 2. The Balaban J connectivity index is 1.23. The Bertz CT molecular complexity index is 1020. The fourth-order valence-electron chi connectivity index (χ4n) is 5.20. The van der Waals surface area contributed by atoms with Crippen LogP contribution in [0.15, 0.2) is 48.5 Å². The molecule has 3 fully saturated rings. The van der Waals surface area contributed by atoms with Gasteiger partial charge in [-0.3, -0.25) is 14.4 Å². The summed E-state index contributed by atoms with van der Waals surface area (Å²) in [5, 5.41) is 5.73. The molecule has 0 radical (unpaired) electrons. The van der Waals surface area contributed by atoms with Gasteiger partial charge in [0.15, 0.2) is 0 Å². The lowest BCUT2D eigenvalue weighted by Gasteiger charge is -2.23. The third kappa shape index (κ3) is 3.10. The van der Waals surface area contributed by atoms with Crippen LogP contribution >= 0.6 is 0 Å². The van der Waals surface area contributed by atoms with E-state index in [1.807, 2.05) is 0 Å². The summed E-state index contributed by atoms with van der Waals surface area (Å²) in [7, 11) is 1.57. The number of anilines is 2. The van der Waals surface area contributed by atoms with Gasteiger partial charge in [0.2, 0.25) is 5.91 Å². The first-order valence-corrected chi connectivity index (χ1v) is 10.1. The molecule has 1 heterocycles. The van der Waals surface area contributed by atoms with E-state index in [4.69, 9.17) is 9.47 Å². The zero-order chi connectivity index (χ0) is 20.8. The predicted octanol–water partition coefficient (Wildman–Crippen LogP) is 3.08. The summed E-state index contributed by atoms with van der Waals surface area (Å²) >= 11 is 0. The average molecular weight is 406 g/mol. The highest BCUT2D eigenvalue weighted by atomic mass is 16.6. The molecule has 30 heavy (non-hydrogen) atoms. The average Bonchev–Trinajstić information content (AvgIpc) is 3.37. The molecule has 2 saturated carbocycles. The number of esters is 1. The Labute approximate surface area is 173 Å². The predicted molar refractivity (Wildman–Crippen MR) is 109 cm³/mol. The van der Waals surface area contributed by atoms with Crippen LogP contribution in [-0.2, 0) is 14.3 Å². The van der Waals surface area contributed by atoms with E-state index in [0.29, 0.717) is 22.7 Å². The molecule has 2 amide bonds. The molecule has 5 atom stereocenters. The topological polar surface area (TPSA) is 93.7 Å². The van der Waals surface area contributed by atoms with Gasteiger partial charge in [-0.25, -0.2) is 0 Å². The van der Waals surface area contributed by atoms with Crippen molar-refractivity contribution in [1.82, 2.24) is 0 Å². The summed E-state index contributed by atoms with van der Waals surface area (Å²) in [5.74, 6) is -0.185. The molecule has 1 aliphatic heterocycles. The second-order valence-corrected chi connectivity index (χ2v) is 8.17. The van der Waals surface area contributed by atoms with Crippen molar-refractivity contribution in [3.8, 4) is 5.75 Å². The second-order valence-electron chi connectivity index (χ2n) is 8.17. The molecule has 2 aromatic carbocycles. The third-order valence-electron chi connectivity index (χ3n) is 6.53. The smallest absolute Gasteiger partial charge is 0.310 e. The van der Waals surface area contributed by atoms with Crippen molar-refractivity contribution in [2.45, 2.75) is 18.9 Å². The maximum absolute atomic E-state index is 12.8. The van der Waals surface area contributed by atoms with E-state index in [-0.39, 0.29) is 47.6 Å². The van der Waals surface area contributed by atoms with Gasteiger partial charge >= 0.3 is 5.97 Å². The second kappa shape index (κ2) is 7.16. The summed E-state index contributed by atoms with van der Waals surface area (Å²) in [4.78, 5) is 37.4. The van der Waals surface area contributed by atoms with Crippen LogP contribution in [-0.4, -0.2) is 31.0 Å². The molecule has 7 nitrogen and oxygen atoms in total. The standard InChI is InChI=1S/C23H22N2O5/c1-29-16-4-2-3-15(11-16)25-21(26)12-5-7-14(8-6-12)24-22(27)19-13-9-17-18(10-13)30-23(28)20(17)19/h2-8,11,13,17-20H,9-10H2,1H3,(H,24,27)(H,25,26)/t13-,17+,18-,19+,20+/m0/s1. The maximum Gasteiger partial charge on any atom is 0.310 e. The van der Waals surface area contributed by atoms with Gasteiger partial charge in [0.05, 0.1) is 18.9 Å². The van der Waals surface area contributed by atoms with E-state index in [9.17, 15) is 14.4 Å². The van der Waals surface area contributed by atoms with Crippen LogP contribution in [0.25, 0.3) is 0 Å². The van der Waals surface area contributed by atoms with E-state index in [1.54, 1.807) is 55.6 Å². The minimum atomic E-state index is -0.322. The van der Waals surface area contributed by atoms with E-state index in [2.05, 4.69) is 10.6 Å². The van der Waals surface area contributed by atoms with Crippen molar-refractivity contribution in [3.63, 3.8) is 0 Å². The molecule has 0 unspecified atom stereocenters. The Hall–Kier alpha value is -3.35. The lowest BCUT2D eigenvalue weighted by Crippen LogP contribution is -2.35. The number of hydrogen-bond acceptors (Lipinski definition) is 5. The number of carbonyl (C=O) groups is 3. The molecule has 2 bridgehead atoms. The summed E-state index contributed by atoms with van der Waals surface area (Å²) in [6, 6.07) is 13.8. The van der Waals surface area contributed by atoms with Crippen LogP contribution < -0.4 is 15.4 Å². The zero-order valence-corrected chi connectivity index (χ0v) is 16.5. The number of ether oxygens (including phenoxy) is 2. The van der Waals surface area contributed by atoms with Crippen LogP contribution in [0.3, 0.4) is 0 Å². The van der Waals surface area contributed by atoms with Gasteiger partial charge in [-0.05, 0) is 55.2 Å². The normalized spacial score (nSPS) is 28.2. The molecule has 7 heteroatoms. The Morgan fingerprint density at radius 2 is 1.83 bits per heavy atom. The summed E-state index contributed by atoms with van der Waals surface area (Å²) in [6.07, 6.45) is 1.69. The van der Waals surface area contributed by atoms with Crippen molar-refractivity contribution in [2.75, 3.05) is 17.7 Å². The molecule has 1 saturated heterocycles. The highest BCUT2D eigenvalue weighted by Gasteiger charge is 2.63. The first-order chi connectivity index (χ1) is 14.5. The van der Waals surface area contributed by atoms with Gasteiger partial charge in [-0.15, -0.1) is 0 Å². The van der Waals surface area contributed by atoms with Crippen molar-refractivity contribution in [1.29, 1.82) is 0 Å². The molecule has 0 spiro atoms. The molecular weight excluding hydrogens is 384 g/mol. The number of rotatable bonds is 5. The van der Waals surface area contributed by atoms with Crippen LogP contribution in [0.2, 0.25) is 0 Å². The van der Waals surface area contributed by atoms with E-state index < -0.39 is 0 Å². The number of hydrogen-bond donors (Lipinski definition) is 2. The molecule has 2 N–H and O–H groups in total. The summed E-state index contributed by atoms with van der Waals surface area (Å²) < 4.78 is 10.6. The van der Waals surface area contributed by atoms with E-state index in [1.165, 1.54) is 0 Å². The Kier molecular flexibility index (Phi) is 4.46. The van der Waals surface area contributed by atoms with Gasteiger partial charge in [0.25, 0.3) is 5.91 Å². The fraction of sp³-hybridized carbons (Fsp3) is 0.348. The largest absolute Gasteiger partial charge is 0.497 e. The van der Waals surface area contributed by atoms with Crippen molar-refractivity contribution in [3.05, 3.63) is 54.1 Å². The highest BCUT2D eigenvalue weighted by Crippen LogP contribution is 2.57. The monoisotopic (exact) mass is 406 g/mol. The lowest BCUT2D eigenvalue weighted by atomic mass is 9.79. The minimum Gasteiger partial charge on any atom is -0.497 e. The van der Waals surface area contributed by atoms with Gasteiger partial charge < -0.3 is 20.1 Å². The van der Waals surface area contributed by atoms with Crippen LogP contribution in [0, 0.1) is 23.7 Å². The van der Waals surface area contributed by atoms with E-state index >= 15 is 0 Å². The van der Waals surface area contributed by atoms with E-state index in [0.717, 1.165) is 12.8 Å². The van der Waals surface area contributed by atoms with Crippen molar-refractivity contribution < 1.29 is 23.9 Å². The van der Waals surface area contributed by atoms with Crippen LogP contribution in [0.4, 0.5) is 11.4 Å². The SMILES string of the molecule is COc1cccc(NC(=O)c2ccc(NC(=O)[C@@H]3[C@H]4C[C@H]5[C@H]3C(=O)O[C@H]5C4)cc2)c1. The Morgan fingerprint density at radius 3 is 2.60 bits per heavy atom. The number of methoxy groups -OCH3 is 1.